The molecule has 8 heteroatoms. The summed E-state index contributed by atoms with van der Waals surface area (Å²) in [5.41, 5.74) is 2.75. The van der Waals surface area contributed by atoms with Crippen LogP contribution in [0.2, 0.25) is 0 Å². The zero-order valence-electron chi connectivity index (χ0n) is 18.5. The molecule has 6 nitrogen and oxygen atoms in total. The van der Waals surface area contributed by atoms with Crippen LogP contribution < -0.4 is 4.90 Å². The molecule has 0 atom stereocenters. The minimum atomic E-state index is -0.233. The van der Waals surface area contributed by atoms with Crippen LogP contribution >= 0.6 is 11.8 Å². The second-order valence-electron chi connectivity index (χ2n) is 8.81. The molecule has 1 aromatic heterocycles. The van der Waals surface area contributed by atoms with Crippen molar-refractivity contribution in [1.29, 1.82) is 0 Å². The van der Waals surface area contributed by atoms with E-state index < -0.39 is 0 Å². The number of anilines is 1. The Morgan fingerprint density at radius 2 is 1.72 bits per heavy atom. The Balaban J connectivity index is 1.29. The molecular formula is C24H27FN4O2S. The fraction of sp³-hybridized carbons (Fsp3) is 0.375. The van der Waals surface area contributed by atoms with Gasteiger partial charge >= 0.3 is 0 Å². The van der Waals surface area contributed by atoms with E-state index in [-0.39, 0.29) is 22.9 Å². The summed E-state index contributed by atoms with van der Waals surface area (Å²) in [4.78, 5) is 16.4. The summed E-state index contributed by atoms with van der Waals surface area (Å²) in [5, 5.41) is 8.56. The lowest BCUT2D eigenvalue weighted by molar-refractivity contribution is -0.128. The number of halogens is 1. The standard InChI is InChI=1S/C24H27FN4O2S/c1-24(2,3)18-10-8-17(9-11-18)22-26-27-23(31-22)32-16-21(30)29-14-12-28(13-15-29)20-7-5-4-6-19(20)25/h4-11H,12-16H2,1-3H3. The molecule has 0 aliphatic carbocycles. The molecule has 0 radical (unpaired) electrons. The van der Waals surface area contributed by atoms with E-state index in [1.165, 1.54) is 23.4 Å². The first-order valence-electron chi connectivity index (χ1n) is 10.7. The van der Waals surface area contributed by atoms with Crippen molar-refractivity contribution in [2.45, 2.75) is 31.4 Å². The highest BCUT2D eigenvalue weighted by molar-refractivity contribution is 7.99. The summed E-state index contributed by atoms with van der Waals surface area (Å²) in [5.74, 6) is 0.448. The predicted molar refractivity (Wildman–Crippen MR) is 124 cm³/mol. The summed E-state index contributed by atoms with van der Waals surface area (Å²) >= 11 is 1.24. The predicted octanol–water partition coefficient (Wildman–Crippen LogP) is 4.61. The Morgan fingerprint density at radius 3 is 2.38 bits per heavy atom. The molecule has 1 aliphatic heterocycles. The fourth-order valence-corrected chi connectivity index (χ4v) is 4.28. The van der Waals surface area contributed by atoms with E-state index in [9.17, 15) is 9.18 Å². The lowest BCUT2D eigenvalue weighted by Crippen LogP contribution is -2.49. The summed E-state index contributed by atoms with van der Waals surface area (Å²) in [6, 6.07) is 14.8. The van der Waals surface area contributed by atoms with Gasteiger partial charge in [0.2, 0.25) is 11.8 Å². The van der Waals surface area contributed by atoms with Gasteiger partial charge in [0.05, 0.1) is 11.4 Å². The SMILES string of the molecule is CC(C)(C)c1ccc(-c2nnc(SCC(=O)N3CCN(c4ccccc4F)CC3)o2)cc1. The highest BCUT2D eigenvalue weighted by Gasteiger charge is 2.23. The molecule has 32 heavy (non-hydrogen) atoms. The molecule has 1 aliphatic rings. The van der Waals surface area contributed by atoms with Crippen molar-refractivity contribution >= 4 is 23.4 Å². The first kappa shape index (κ1) is 22.3. The largest absolute Gasteiger partial charge is 0.411 e. The summed E-state index contributed by atoms with van der Waals surface area (Å²) in [6.07, 6.45) is 0. The van der Waals surface area contributed by atoms with Gasteiger partial charge in [0, 0.05) is 31.7 Å². The maximum absolute atomic E-state index is 14.0. The van der Waals surface area contributed by atoms with Crippen molar-refractivity contribution in [1.82, 2.24) is 15.1 Å². The van der Waals surface area contributed by atoms with E-state index in [1.54, 1.807) is 17.0 Å². The molecule has 168 valence electrons. The smallest absolute Gasteiger partial charge is 0.277 e. The van der Waals surface area contributed by atoms with Crippen LogP contribution in [0.5, 0.6) is 0 Å². The Labute approximate surface area is 191 Å². The molecule has 1 fully saturated rings. The van der Waals surface area contributed by atoms with Crippen LogP contribution in [0.25, 0.3) is 11.5 Å². The van der Waals surface area contributed by atoms with Crippen molar-refractivity contribution < 1.29 is 13.6 Å². The molecule has 0 saturated carbocycles. The van der Waals surface area contributed by atoms with Crippen LogP contribution in [0.15, 0.2) is 58.2 Å². The van der Waals surface area contributed by atoms with Crippen LogP contribution in [0.4, 0.5) is 10.1 Å². The molecule has 1 amide bonds. The molecule has 3 aromatic rings. The van der Waals surface area contributed by atoms with Crippen LogP contribution in [0, 0.1) is 5.82 Å². The number of aromatic nitrogens is 2. The number of carbonyl (C=O) groups excluding carboxylic acids is 1. The van der Waals surface area contributed by atoms with Crippen molar-refractivity contribution in [2.24, 2.45) is 0 Å². The number of para-hydroxylation sites is 1. The molecule has 2 heterocycles. The van der Waals surface area contributed by atoms with Gasteiger partial charge in [-0.3, -0.25) is 4.79 Å². The first-order chi connectivity index (χ1) is 15.3. The Hall–Kier alpha value is -2.87. The zero-order chi connectivity index (χ0) is 22.7. The first-order valence-corrected chi connectivity index (χ1v) is 11.6. The van der Waals surface area contributed by atoms with Gasteiger partial charge in [0.25, 0.3) is 5.22 Å². The van der Waals surface area contributed by atoms with Gasteiger partial charge in [-0.2, -0.15) is 0 Å². The average molecular weight is 455 g/mol. The number of piperazine rings is 1. The van der Waals surface area contributed by atoms with E-state index in [1.807, 2.05) is 23.1 Å². The minimum Gasteiger partial charge on any atom is -0.411 e. The quantitative estimate of drug-likeness (QED) is 0.525. The number of thioether (sulfide) groups is 1. The second-order valence-corrected chi connectivity index (χ2v) is 9.73. The lowest BCUT2D eigenvalue weighted by atomic mass is 9.87. The maximum Gasteiger partial charge on any atom is 0.277 e. The van der Waals surface area contributed by atoms with Gasteiger partial charge in [-0.1, -0.05) is 56.8 Å². The molecule has 0 unspecified atom stereocenters. The third-order valence-corrected chi connectivity index (χ3v) is 6.35. The molecule has 0 bridgehead atoms. The van der Waals surface area contributed by atoms with E-state index in [2.05, 4.69) is 43.1 Å². The number of hydrogen-bond acceptors (Lipinski definition) is 6. The minimum absolute atomic E-state index is 0.0115. The van der Waals surface area contributed by atoms with Crippen LogP contribution in [0.3, 0.4) is 0 Å². The summed E-state index contributed by atoms with van der Waals surface area (Å²) in [6.45, 7) is 8.83. The Kier molecular flexibility index (Phi) is 6.50. The third-order valence-electron chi connectivity index (χ3n) is 5.55. The number of nitrogens with zero attached hydrogens (tertiary/aromatic N) is 4. The van der Waals surface area contributed by atoms with Crippen molar-refractivity contribution in [3.63, 3.8) is 0 Å². The molecule has 0 spiro atoms. The summed E-state index contributed by atoms with van der Waals surface area (Å²) < 4.78 is 19.7. The highest BCUT2D eigenvalue weighted by atomic mass is 32.2. The van der Waals surface area contributed by atoms with Crippen molar-refractivity contribution in [2.75, 3.05) is 36.8 Å². The Morgan fingerprint density at radius 1 is 1.03 bits per heavy atom. The van der Waals surface area contributed by atoms with Gasteiger partial charge in [-0.25, -0.2) is 4.39 Å². The topological polar surface area (TPSA) is 62.5 Å². The average Bonchev–Trinajstić information content (AvgIpc) is 3.27. The lowest BCUT2D eigenvalue weighted by Gasteiger charge is -2.36. The molecule has 1 saturated heterocycles. The maximum atomic E-state index is 14.0. The molecular weight excluding hydrogens is 427 g/mol. The van der Waals surface area contributed by atoms with Crippen molar-refractivity contribution in [3.8, 4) is 11.5 Å². The fourth-order valence-electron chi connectivity index (χ4n) is 3.62. The van der Waals surface area contributed by atoms with Crippen LogP contribution in [-0.2, 0) is 10.2 Å². The molecule has 4 rings (SSSR count). The number of amides is 1. The number of carbonyl (C=O) groups is 1. The van der Waals surface area contributed by atoms with Crippen LogP contribution in [-0.4, -0.2) is 52.9 Å². The Bertz CT molecular complexity index is 1070. The molecule has 2 aromatic carbocycles. The van der Waals surface area contributed by atoms with E-state index in [4.69, 9.17) is 4.42 Å². The normalized spacial score (nSPS) is 14.6. The van der Waals surface area contributed by atoms with Gasteiger partial charge in [-0.05, 0) is 35.2 Å². The zero-order valence-corrected chi connectivity index (χ0v) is 19.4. The van der Waals surface area contributed by atoms with E-state index in [0.29, 0.717) is 43.0 Å². The number of rotatable bonds is 5. The van der Waals surface area contributed by atoms with Gasteiger partial charge in [0.15, 0.2) is 0 Å². The molecule has 0 N–H and O–H groups in total. The van der Waals surface area contributed by atoms with E-state index in [0.717, 1.165) is 5.56 Å². The highest BCUT2D eigenvalue weighted by Crippen LogP contribution is 2.27. The van der Waals surface area contributed by atoms with Gasteiger partial charge in [0.1, 0.15) is 5.82 Å². The van der Waals surface area contributed by atoms with Crippen LogP contribution in [0.1, 0.15) is 26.3 Å². The third kappa shape index (κ3) is 5.12. The van der Waals surface area contributed by atoms with Gasteiger partial charge in [-0.15, -0.1) is 10.2 Å². The monoisotopic (exact) mass is 454 g/mol. The van der Waals surface area contributed by atoms with Gasteiger partial charge < -0.3 is 14.2 Å². The number of hydrogen-bond donors (Lipinski definition) is 0. The second kappa shape index (κ2) is 9.32. The van der Waals surface area contributed by atoms with Crippen molar-refractivity contribution in [3.05, 3.63) is 59.9 Å². The number of benzene rings is 2. The van der Waals surface area contributed by atoms with E-state index >= 15 is 0 Å². The summed E-state index contributed by atoms with van der Waals surface area (Å²) in [7, 11) is 0.